The van der Waals surface area contributed by atoms with Crippen molar-refractivity contribution in [2.24, 2.45) is 0 Å². The predicted octanol–water partition coefficient (Wildman–Crippen LogP) is 7.74. The molecular weight excluding hydrogens is 495 g/mol. The van der Waals surface area contributed by atoms with Gasteiger partial charge in [0.15, 0.2) is 0 Å². The van der Waals surface area contributed by atoms with E-state index in [0.29, 0.717) is 44.2 Å². The second-order valence-corrected chi connectivity index (χ2v) is 10.6. The first-order valence-electron chi connectivity index (χ1n) is 15.1. The molecule has 1 aromatic heterocycles. The van der Waals surface area contributed by atoms with Gasteiger partial charge in [0.2, 0.25) is 11.6 Å². The SMILES string of the molecule is CCCCCCCCCCCCCCCCNc1ncnc(N2CCN(c3ccccc3F)CC2)c1[N+](=O)[O-]. The average molecular weight is 543 g/mol. The fourth-order valence-electron chi connectivity index (χ4n) is 5.29. The Morgan fingerprint density at radius 2 is 1.36 bits per heavy atom. The minimum Gasteiger partial charge on any atom is -0.366 e. The van der Waals surface area contributed by atoms with E-state index in [9.17, 15) is 14.5 Å². The highest BCUT2D eigenvalue weighted by molar-refractivity contribution is 5.70. The van der Waals surface area contributed by atoms with Crippen LogP contribution >= 0.6 is 0 Å². The van der Waals surface area contributed by atoms with E-state index in [1.165, 1.54) is 89.4 Å². The summed E-state index contributed by atoms with van der Waals surface area (Å²) < 4.78 is 14.2. The van der Waals surface area contributed by atoms with Crippen molar-refractivity contribution >= 4 is 23.0 Å². The highest BCUT2D eigenvalue weighted by Crippen LogP contribution is 2.33. The summed E-state index contributed by atoms with van der Waals surface area (Å²) in [6.07, 6.45) is 19.5. The van der Waals surface area contributed by atoms with Gasteiger partial charge in [-0.2, -0.15) is 0 Å². The number of rotatable bonds is 19. The number of hydrogen-bond acceptors (Lipinski definition) is 7. The summed E-state index contributed by atoms with van der Waals surface area (Å²) in [5, 5.41) is 15.2. The molecule has 8 nitrogen and oxygen atoms in total. The largest absolute Gasteiger partial charge is 0.366 e. The standard InChI is InChI=1S/C30H47FN6O2/c1-2-3-4-5-6-7-8-9-10-11-12-13-14-17-20-32-29-28(37(38)39)30(34-25-33-29)36-23-21-35(22-24-36)27-19-16-15-18-26(27)31/h15-16,18-19,25H,2-14,17,20-24H2,1H3,(H,32,33,34). The van der Waals surface area contributed by atoms with E-state index < -0.39 is 4.92 Å². The summed E-state index contributed by atoms with van der Waals surface area (Å²) in [6, 6.07) is 6.70. The molecule has 1 aliphatic rings. The van der Waals surface area contributed by atoms with Crippen molar-refractivity contribution in [1.29, 1.82) is 0 Å². The second kappa shape index (κ2) is 17.6. The lowest BCUT2D eigenvalue weighted by Crippen LogP contribution is -2.47. The summed E-state index contributed by atoms with van der Waals surface area (Å²) in [5.41, 5.74) is 0.479. The highest BCUT2D eigenvalue weighted by Gasteiger charge is 2.29. The average Bonchev–Trinajstić information content (AvgIpc) is 2.95. The Kier molecular flexibility index (Phi) is 13.8. The van der Waals surface area contributed by atoms with Crippen molar-refractivity contribution in [2.45, 2.75) is 96.8 Å². The first kappa shape index (κ1) is 30.6. The third-order valence-electron chi connectivity index (χ3n) is 7.58. The molecule has 0 amide bonds. The summed E-state index contributed by atoms with van der Waals surface area (Å²) in [7, 11) is 0. The molecule has 216 valence electrons. The molecule has 0 spiro atoms. The Morgan fingerprint density at radius 1 is 0.821 bits per heavy atom. The number of nitrogens with one attached hydrogen (secondary N) is 1. The lowest BCUT2D eigenvalue weighted by Gasteiger charge is -2.36. The zero-order valence-corrected chi connectivity index (χ0v) is 23.8. The number of anilines is 3. The lowest BCUT2D eigenvalue weighted by molar-refractivity contribution is -0.383. The zero-order chi connectivity index (χ0) is 27.7. The van der Waals surface area contributed by atoms with Crippen molar-refractivity contribution in [1.82, 2.24) is 9.97 Å². The van der Waals surface area contributed by atoms with E-state index in [1.54, 1.807) is 12.1 Å². The monoisotopic (exact) mass is 542 g/mol. The molecule has 1 N–H and O–H groups in total. The van der Waals surface area contributed by atoms with Crippen LogP contribution in [-0.2, 0) is 0 Å². The molecule has 1 saturated heterocycles. The maximum absolute atomic E-state index is 14.2. The molecule has 3 rings (SSSR count). The number of nitrogens with zero attached hydrogens (tertiary/aromatic N) is 5. The molecule has 39 heavy (non-hydrogen) atoms. The van der Waals surface area contributed by atoms with Gasteiger partial charge in [-0.3, -0.25) is 10.1 Å². The Labute approximate surface area is 233 Å². The Bertz CT molecular complexity index is 984. The molecule has 1 fully saturated rings. The molecule has 0 saturated carbocycles. The fraction of sp³-hybridized carbons (Fsp3) is 0.667. The maximum atomic E-state index is 14.2. The lowest BCUT2D eigenvalue weighted by atomic mass is 10.0. The number of para-hydroxylation sites is 1. The van der Waals surface area contributed by atoms with Crippen molar-refractivity contribution in [3.8, 4) is 0 Å². The van der Waals surface area contributed by atoms with E-state index in [0.717, 1.165) is 12.8 Å². The first-order valence-corrected chi connectivity index (χ1v) is 15.1. The van der Waals surface area contributed by atoms with Crippen molar-refractivity contribution < 1.29 is 9.31 Å². The van der Waals surface area contributed by atoms with Crippen LogP contribution in [-0.4, -0.2) is 47.6 Å². The molecule has 2 heterocycles. The number of hydrogen-bond donors (Lipinski definition) is 1. The van der Waals surface area contributed by atoms with Gasteiger partial charge in [-0.1, -0.05) is 103 Å². The highest BCUT2D eigenvalue weighted by atomic mass is 19.1. The van der Waals surface area contributed by atoms with E-state index in [1.807, 2.05) is 15.9 Å². The number of halogens is 1. The normalized spacial score (nSPS) is 13.6. The minimum absolute atomic E-state index is 0.0813. The zero-order valence-electron chi connectivity index (χ0n) is 23.8. The van der Waals surface area contributed by atoms with Crippen LogP contribution in [0.4, 0.5) is 27.4 Å². The van der Waals surface area contributed by atoms with E-state index in [2.05, 4.69) is 22.2 Å². The Morgan fingerprint density at radius 3 is 1.92 bits per heavy atom. The van der Waals surface area contributed by atoms with Crippen molar-refractivity contribution in [2.75, 3.05) is 47.8 Å². The van der Waals surface area contributed by atoms with Crippen LogP contribution in [0, 0.1) is 15.9 Å². The molecule has 0 radical (unpaired) electrons. The second-order valence-electron chi connectivity index (χ2n) is 10.6. The first-order chi connectivity index (χ1) is 19.1. The van der Waals surface area contributed by atoms with Gasteiger partial charge in [-0.05, 0) is 18.6 Å². The third kappa shape index (κ3) is 10.3. The van der Waals surface area contributed by atoms with Crippen LogP contribution in [0.15, 0.2) is 30.6 Å². The van der Waals surface area contributed by atoms with Gasteiger partial charge in [0.05, 0.1) is 10.6 Å². The summed E-state index contributed by atoms with van der Waals surface area (Å²) in [6.45, 7) is 5.07. The molecule has 0 atom stereocenters. The Hall–Kier alpha value is -2.97. The molecule has 0 unspecified atom stereocenters. The van der Waals surface area contributed by atoms with Crippen LogP contribution in [0.25, 0.3) is 0 Å². The smallest absolute Gasteiger partial charge is 0.353 e. The quantitative estimate of drug-likeness (QED) is 0.110. The van der Waals surface area contributed by atoms with Crippen molar-refractivity contribution in [3.63, 3.8) is 0 Å². The molecule has 1 aliphatic heterocycles. The summed E-state index contributed by atoms with van der Waals surface area (Å²) in [4.78, 5) is 23.9. The van der Waals surface area contributed by atoms with Crippen LogP contribution in [0.2, 0.25) is 0 Å². The maximum Gasteiger partial charge on any atom is 0.353 e. The van der Waals surface area contributed by atoms with Crippen LogP contribution in [0.1, 0.15) is 96.8 Å². The fourth-order valence-corrected chi connectivity index (χ4v) is 5.29. The van der Waals surface area contributed by atoms with Gasteiger partial charge in [-0.25, -0.2) is 14.4 Å². The number of nitro groups is 1. The van der Waals surface area contributed by atoms with Gasteiger partial charge >= 0.3 is 5.69 Å². The molecule has 9 heteroatoms. The minimum atomic E-state index is -0.397. The van der Waals surface area contributed by atoms with Gasteiger partial charge in [-0.15, -0.1) is 0 Å². The molecular formula is C30H47FN6O2. The topological polar surface area (TPSA) is 87.4 Å². The van der Waals surface area contributed by atoms with Gasteiger partial charge in [0.25, 0.3) is 0 Å². The molecule has 1 aromatic carbocycles. The van der Waals surface area contributed by atoms with Gasteiger partial charge in [0.1, 0.15) is 12.1 Å². The van der Waals surface area contributed by atoms with Crippen LogP contribution in [0.5, 0.6) is 0 Å². The van der Waals surface area contributed by atoms with E-state index in [-0.39, 0.29) is 17.3 Å². The van der Waals surface area contributed by atoms with E-state index in [4.69, 9.17) is 0 Å². The number of aromatic nitrogens is 2. The predicted molar refractivity (Wildman–Crippen MR) is 158 cm³/mol. The number of piperazine rings is 1. The van der Waals surface area contributed by atoms with Crippen LogP contribution < -0.4 is 15.1 Å². The van der Waals surface area contributed by atoms with Crippen molar-refractivity contribution in [3.05, 3.63) is 46.5 Å². The number of unbranched alkanes of at least 4 members (excludes halogenated alkanes) is 13. The molecule has 2 aromatic rings. The summed E-state index contributed by atoms with van der Waals surface area (Å²) in [5.74, 6) is 0.344. The molecule has 0 aliphatic carbocycles. The van der Waals surface area contributed by atoms with Gasteiger partial charge in [0, 0.05) is 32.7 Å². The Balaban J connectivity index is 1.34. The number of benzene rings is 1. The van der Waals surface area contributed by atoms with Crippen LogP contribution in [0.3, 0.4) is 0 Å². The third-order valence-corrected chi connectivity index (χ3v) is 7.58. The molecule has 0 bridgehead atoms. The van der Waals surface area contributed by atoms with E-state index >= 15 is 0 Å². The summed E-state index contributed by atoms with van der Waals surface area (Å²) >= 11 is 0. The van der Waals surface area contributed by atoms with Gasteiger partial charge < -0.3 is 15.1 Å².